The average molecular weight is 204 g/mol. The van der Waals surface area contributed by atoms with E-state index in [-0.39, 0.29) is 17.7 Å². The van der Waals surface area contributed by atoms with Gasteiger partial charge in [-0.25, -0.2) is 0 Å². The molecule has 76 valence electrons. The molecule has 0 aromatic rings. The van der Waals surface area contributed by atoms with Crippen molar-refractivity contribution in [3.63, 3.8) is 0 Å². The Morgan fingerprint density at radius 1 is 1.38 bits per heavy atom. The lowest BCUT2D eigenvalue weighted by molar-refractivity contribution is -0.122. The Labute approximate surface area is 82.8 Å². The highest BCUT2D eigenvalue weighted by Crippen LogP contribution is 2.02. The third kappa shape index (κ3) is 5.65. The van der Waals surface area contributed by atoms with Gasteiger partial charge in [0.2, 0.25) is 5.91 Å². The number of likely N-dealkylation sites (N-methyl/N-ethyl adjacent to an activating group) is 2. The van der Waals surface area contributed by atoms with Crippen molar-refractivity contribution in [3.8, 4) is 0 Å². The Hall–Kier alpha value is -0.550. The predicted octanol–water partition coefficient (Wildman–Crippen LogP) is -0.357. The number of nitrogens with one attached hydrogen (secondary N) is 2. The summed E-state index contributed by atoms with van der Waals surface area (Å²) < 4.78 is 0. The third-order valence-corrected chi connectivity index (χ3v) is 2.68. The number of rotatable bonds is 6. The molecule has 2 N–H and O–H groups in total. The molecule has 1 amide bonds. The second-order valence-corrected chi connectivity index (χ2v) is 3.70. The van der Waals surface area contributed by atoms with Crippen molar-refractivity contribution in [1.29, 1.82) is 0 Å². The first-order valence-corrected chi connectivity index (χ1v) is 5.23. The van der Waals surface area contributed by atoms with Gasteiger partial charge in [0.15, 0.2) is 0 Å². The van der Waals surface area contributed by atoms with Crippen LogP contribution in [0.15, 0.2) is 0 Å². The van der Waals surface area contributed by atoms with Gasteiger partial charge < -0.3 is 10.6 Å². The minimum Gasteiger partial charge on any atom is -0.358 e. The number of ketones is 1. The van der Waals surface area contributed by atoms with Crippen molar-refractivity contribution in [3.05, 3.63) is 0 Å². The fourth-order valence-electron chi connectivity index (χ4n) is 0.785. The fourth-order valence-corrected chi connectivity index (χ4v) is 1.74. The first-order valence-electron chi connectivity index (χ1n) is 4.07. The molecule has 0 aliphatic rings. The lowest BCUT2D eigenvalue weighted by Gasteiger charge is -2.12. The lowest BCUT2D eigenvalue weighted by Crippen LogP contribution is -2.42. The average Bonchev–Trinajstić information content (AvgIpc) is 2.11. The highest BCUT2D eigenvalue weighted by molar-refractivity contribution is 8.00. The van der Waals surface area contributed by atoms with Crippen molar-refractivity contribution in [2.75, 3.05) is 25.6 Å². The van der Waals surface area contributed by atoms with Gasteiger partial charge in [0.05, 0.1) is 11.8 Å². The molecule has 0 saturated heterocycles. The third-order valence-electron chi connectivity index (χ3n) is 1.50. The van der Waals surface area contributed by atoms with Crippen molar-refractivity contribution in [1.82, 2.24) is 10.6 Å². The van der Waals surface area contributed by atoms with E-state index in [1.807, 2.05) is 0 Å². The molecule has 0 aromatic heterocycles. The van der Waals surface area contributed by atoms with Crippen LogP contribution in [0.2, 0.25) is 0 Å². The van der Waals surface area contributed by atoms with Crippen LogP contribution < -0.4 is 10.6 Å². The van der Waals surface area contributed by atoms with E-state index in [1.54, 1.807) is 21.0 Å². The molecule has 0 saturated carbocycles. The predicted molar refractivity (Wildman–Crippen MR) is 54.9 cm³/mol. The fraction of sp³-hybridized carbons (Fsp3) is 0.750. The van der Waals surface area contributed by atoms with E-state index in [2.05, 4.69) is 10.6 Å². The second-order valence-electron chi connectivity index (χ2n) is 2.67. The smallest absolute Gasteiger partial charge is 0.237 e. The summed E-state index contributed by atoms with van der Waals surface area (Å²) in [7, 11) is 3.33. The minimum atomic E-state index is -0.214. The summed E-state index contributed by atoms with van der Waals surface area (Å²) >= 11 is 1.46. The molecule has 0 aliphatic carbocycles. The van der Waals surface area contributed by atoms with Gasteiger partial charge in [-0.05, 0) is 14.0 Å². The van der Waals surface area contributed by atoms with Crippen LogP contribution in [0.3, 0.4) is 0 Å². The van der Waals surface area contributed by atoms with E-state index in [1.165, 1.54) is 11.8 Å². The van der Waals surface area contributed by atoms with Gasteiger partial charge in [-0.2, -0.15) is 11.8 Å². The van der Waals surface area contributed by atoms with E-state index >= 15 is 0 Å². The topological polar surface area (TPSA) is 58.2 Å². The van der Waals surface area contributed by atoms with E-state index in [4.69, 9.17) is 0 Å². The second kappa shape index (κ2) is 6.91. The van der Waals surface area contributed by atoms with Crippen LogP contribution in [0.25, 0.3) is 0 Å². The standard InChI is InChI=1S/C8H16N2O2S/c1-6(11)4-13-5-7(9-2)8(12)10-3/h7,9H,4-5H2,1-3H3,(H,10,12). The lowest BCUT2D eigenvalue weighted by atomic mass is 10.3. The SMILES string of the molecule is CNC(=O)C(CSCC(C)=O)NC. The van der Waals surface area contributed by atoms with Gasteiger partial charge in [-0.3, -0.25) is 9.59 Å². The zero-order valence-electron chi connectivity index (χ0n) is 8.22. The molecule has 5 heteroatoms. The largest absolute Gasteiger partial charge is 0.358 e. The molecule has 4 nitrogen and oxygen atoms in total. The van der Waals surface area contributed by atoms with E-state index < -0.39 is 0 Å². The van der Waals surface area contributed by atoms with Gasteiger partial charge in [-0.1, -0.05) is 0 Å². The molecule has 0 radical (unpaired) electrons. The zero-order chi connectivity index (χ0) is 10.3. The number of amides is 1. The highest BCUT2D eigenvalue weighted by atomic mass is 32.2. The van der Waals surface area contributed by atoms with Crippen molar-refractivity contribution in [2.24, 2.45) is 0 Å². The van der Waals surface area contributed by atoms with Crippen LogP contribution in [0.4, 0.5) is 0 Å². The molecule has 1 atom stereocenters. The van der Waals surface area contributed by atoms with Crippen LogP contribution in [0.1, 0.15) is 6.92 Å². The van der Waals surface area contributed by atoms with Gasteiger partial charge in [0.1, 0.15) is 5.78 Å². The summed E-state index contributed by atoms with van der Waals surface area (Å²) in [5.41, 5.74) is 0. The van der Waals surface area contributed by atoms with E-state index in [0.717, 1.165) is 0 Å². The Morgan fingerprint density at radius 3 is 2.38 bits per heavy atom. The number of thioether (sulfide) groups is 1. The number of hydrogen-bond donors (Lipinski definition) is 2. The maximum Gasteiger partial charge on any atom is 0.237 e. The number of carbonyl (C=O) groups excluding carboxylic acids is 2. The molecule has 0 spiro atoms. The number of hydrogen-bond acceptors (Lipinski definition) is 4. The highest BCUT2D eigenvalue weighted by Gasteiger charge is 2.14. The molecule has 0 fully saturated rings. The van der Waals surface area contributed by atoms with Gasteiger partial charge in [-0.15, -0.1) is 0 Å². The number of Topliss-reactive ketones (excluding diaryl/α,β-unsaturated/α-hetero) is 1. The van der Waals surface area contributed by atoms with Crippen LogP contribution in [-0.2, 0) is 9.59 Å². The molecule has 13 heavy (non-hydrogen) atoms. The molecule has 0 aromatic carbocycles. The summed E-state index contributed by atoms with van der Waals surface area (Å²) in [5.74, 6) is 1.18. The van der Waals surface area contributed by atoms with E-state index in [9.17, 15) is 9.59 Å². The van der Waals surface area contributed by atoms with Gasteiger partial charge >= 0.3 is 0 Å². The molecular weight excluding hydrogens is 188 g/mol. The first kappa shape index (κ1) is 12.4. The normalized spacial score (nSPS) is 12.2. The molecular formula is C8H16N2O2S. The van der Waals surface area contributed by atoms with Crippen molar-refractivity contribution >= 4 is 23.5 Å². The summed E-state index contributed by atoms with van der Waals surface area (Å²) in [6.07, 6.45) is 0. The van der Waals surface area contributed by atoms with Gasteiger partial charge in [0, 0.05) is 12.8 Å². The molecule has 1 unspecified atom stereocenters. The summed E-state index contributed by atoms with van der Waals surface area (Å²) in [6, 6.07) is -0.214. The molecule has 0 heterocycles. The summed E-state index contributed by atoms with van der Waals surface area (Å²) in [5, 5.41) is 5.44. The Bertz CT molecular complexity index is 185. The monoisotopic (exact) mass is 204 g/mol. The quantitative estimate of drug-likeness (QED) is 0.620. The van der Waals surface area contributed by atoms with Gasteiger partial charge in [0.25, 0.3) is 0 Å². The number of carbonyl (C=O) groups is 2. The maximum atomic E-state index is 11.1. The van der Waals surface area contributed by atoms with Crippen LogP contribution in [0, 0.1) is 0 Å². The summed E-state index contributed by atoms with van der Waals surface area (Å²) in [4.78, 5) is 21.8. The molecule has 0 rings (SSSR count). The van der Waals surface area contributed by atoms with Crippen LogP contribution in [0.5, 0.6) is 0 Å². The molecule has 0 bridgehead atoms. The first-order chi connectivity index (χ1) is 6.11. The molecule has 0 aliphatic heterocycles. The summed E-state index contributed by atoms with van der Waals surface area (Å²) in [6.45, 7) is 1.54. The Balaban J connectivity index is 3.72. The Kier molecular flexibility index (Phi) is 6.62. The Morgan fingerprint density at radius 2 is 2.00 bits per heavy atom. The van der Waals surface area contributed by atoms with Crippen LogP contribution in [-0.4, -0.2) is 43.3 Å². The maximum absolute atomic E-state index is 11.1. The van der Waals surface area contributed by atoms with Crippen LogP contribution >= 0.6 is 11.8 Å². The zero-order valence-corrected chi connectivity index (χ0v) is 9.03. The minimum absolute atomic E-state index is 0.0430. The van der Waals surface area contributed by atoms with Crippen molar-refractivity contribution in [2.45, 2.75) is 13.0 Å². The van der Waals surface area contributed by atoms with E-state index in [0.29, 0.717) is 11.5 Å². The van der Waals surface area contributed by atoms with Crippen molar-refractivity contribution < 1.29 is 9.59 Å².